The van der Waals surface area contributed by atoms with Gasteiger partial charge in [0.15, 0.2) is 0 Å². The zero-order valence-corrected chi connectivity index (χ0v) is 15.3. The Labute approximate surface area is 155 Å². The molecule has 1 N–H and O–H groups in total. The van der Waals surface area contributed by atoms with Gasteiger partial charge in [-0.15, -0.1) is 10.2 Å². The molecule has 8 nitrogen and oxygen atoms in total. The van der Waals surface area contributed by atoms with Crippen molar-refractivity contribution < 1.29 is 17.6 Å². The van der Waals surface area contributed by atoms with Crippen LogP contribution in [0.4, 0.5) is 0 Å². The van der Waals surface area contributed by atoms with Crippen LogP contribution >= 0.6 is 11.6 Å². The first kappa shape index (κ1) is 18.3. The summed E-state index contributed by atoms with van der Waals surface area (Å²) in [4.78, 5) is 4.02. The first-order chi connectivity index (χ1) is 12.5. The van der Waals surface area contributed by atoms with Crippen LogP contribution < -0.4 is 9.46 Å². The van der Waals surface area contributed by atoms with Crippen LogP contribution in [0, 0.1) is 0 Å². The van der Waals surface area contributed by atoms with Gasteiger partial charge in [0.1, 0.15) is 5.75 Å². The maximum absolute atomic E-state index is 12.3. The summed E-state index contributed by atoms with van der Waals surface area (Å²) in [7, 11) is -2.26. The van der Waals surface area contributed by atoms with E-state index in [-0.39, 0.29) is 22.9 Å². The molecule has 0 aliphatic heterocycles. The second-order valence-corrected chi connectivity index (χ2v) is 7.36. The number of ether oxygens (including phenoxy) is 1. The summed E-state index contributed by atoms with van der Waals surface area (Å²) in [6.45, 7) is 0.0979. The average Bonchev–Trinajstić information content (AvgIpc) is 3.11. The van der Waals surface area contributed by atoms with Crippen molar-refractivity contribution in [3.8, 4) is 17.2 Å². The Kier molecular flexibility index (Phi) is 5.50. The molecule has 0 fully saturated rings. The molecule has 26 heavy (non-hydrogen) atoms. The van der Waals surface area contributed by atoms with E-state index in [1.54, 1.807) is 24.5 Å². The van der Waals surface area contributed by atoms with Crippen molar-refractivity contribution in [3.05, 3.63) is 53.6 Å². The van der Waals surface area contributed by atoms with E-state index in [0.29, 0.717) is 23.1 Å². The van der Waals surface area contributed by atoms with E-state index in [0.717, 1.165) is 0 Å². The Hall–Kier alpha value is -2.49. The maximum atomic E-state index is 12.3. The minimum atomic E-state index is -3.71. The lowest BCUT2D eigenvalue weighted by molar-refractivity contribution is 0.414. The van der Waals surface area contributed by atoms with Crippen LogP contribution in [0.3, 0.4) is 0 Å². The summed E-state index contributed by atoms with van der Waals surface area (Å²) >= 11 is 5.97. The average molecular weight is 395 g/mol. The highest BCUT2D eigenvalue weighted by atomic mass is 35.5. The predicted octanol–water partition coefficient (Wildman–Crippen LogP) is 2.31. The fourth-order valence-corrected chi connectivity index (χ4v) is 3.53. The third kappa shape index (κ3) is 4.18. The summed E-state index contributed by atoms with van der Waals surface area (Å²) in [5.74, 6) is 1.05. The molecule has 0 saturated carbocycles. The van der Waals surface area contributed by atoms with Crippen molar-refractivity contribution in [2.75, 3.05) is 13.7 Å². The fraction of sp³-hybridized carbons (Fsp3) is 0.188. The molecule has 0 amide bonds. The van der Waals surface area contributed by atoms with Gasteiger partial charge < -0.3 is 9.15 Å². The second-order valence-electron chi connectivity index (χ2n) is 5.19. The quantitative estimate of drug-likeness (QED) is 0.655. The molecule has 1 aromatic carbocycles. The summed E-state index contributed by atoms with van der Waals surface area (Å²) in [6, 6.07) is 7.79. The molecule has 0 radical (unpaired) electrons. The van der Waals surface area contributed by atoms with Crippen LogP contribution in [0.5, 0.6) is 5.75 Å². The molecular weight excluding hydrogens is 380 g/mol. The van der Waals surface area contributed by atoms with E-state index in [1.165, 1.54) is 25.3 Å². The number of nitrogens with one attached hydrogen (secondary N) is 1. The molecule has 0 spiro atoms. The number of hydrogen-bond donors (Lipinski definition) is 1. The fourth-order valence-electron chi connectivity index (χ4n) is 2.15. The predicted molar refractivity (Wildman–Crippen MR) is 94.4 cm³/mol. The van der Waals surface area contributed by atoms with Gasteiger partial charge in [0.25, 0.3) is 0 Å². The van der Waals surface area contributed by atoms with Crippen LogP contribution in [-0.4, -0.2) is 37.3 Å². The molecule has 0 bridgehead atoms. The normalized spacial score (nSPS) is 11.5. The number of halogens is 1. The van der Waals surface area contributed by atoms with Crippen LogP contribution in [0.2, 0.25) is 5.02 Å². The minimum absolute atomic E-state index is 0.0462. The number of methoxy groups -OCH3 is 1. The molecule has 2 heterocycles. The number of hydrogen-bond acceptors (Lipinski definition) is 7. The number of benzene rings is 1. The van der Waals surface area contributed by atoms with Crippen LogP contribution in [0.25, 0.3) is 11.5 Å². The van der Waals surface area contributed by atoms with E-state index in [9.17, 15) is 8.42 Å². The van der Waals surface area contributed by atoms with Gasteiger partial charge in [-0.25, -0.2) is 13.1 Å². The standard InChI is InChI=1S/C16H15ClN4O4S/c1-24-14-5-4-12(9-13(14)17)26(22,23)19-8-6-15-20-21-16(25-15)11-3-2-7-18-10-11/h2-5,7,9-10,19H,6,8H2,1H3. The summed E-state index contributed by atoms with van der Waals surface area (Å²) < 4.78 is 37.6. The molecule has 0 atom stereocenters. The highest BCUT2D eigenvalue weighted by molar-refractivity contribution is 7.89. The number of sulfonamides is 1. The van der Waals surface area contributed by atoms with E-state index >= 15 is 0 Å². The van der Waals surface area contributed by atoms with Crippen molar-refractivity contribution in [1.29, 1.82) is 0 Å². The Morgan fingerprint density at radius 3 is 2.81 bits per heavy atom. The van der Waals surface area contributed by atoms with Gasteiger partial charge in [-0.1, -0.05) is 11.6 Å². The smallest absolute Gasteiger partial charge is 0.249 e. The molecule has 0 unspecified atom stereocenters. The maximum Gasteiger partial charge on any atom is 0.249 e. The van der Waals surface area contributed by atoms with Gasteiger partial charge in [0.05, 0.1) is 22.6 Å². The molecule has 10 heteroatoms. The summed E-state index contributed by atoms with van der Waals surface area (Å²) in [5, 5.41) is 8.05. The molecular formula is C16H15ClN4O4S. The van der Waals surface area contributed by atoms with Crippen LogP contribution in [0.15, 0.2) is 52.0 Å². The largest absolute Gasteiger partial charge is 0.495 e. The Balaban J connectivity index is 1.62. The van der Waals surface area contributed by atoms with Gasteiger partial charge >= 0.3 is 0 Å². The molecule has 3 aromatic rings. The summed E-state index contributed by atoms with van der Waals surface area (Å²) in [6.07, 6.45) is 3.49. The van der Waals surface area contributed by atoms with Gasteiger partial charge in [-0.05, 0) is 30.3 Å². The topological polar surface area (TPSA) is 107 Å². The lowest BCUT2D eigenvalue weighted by atomic mass is 10.3. The van der Waals surface area contributed by atoms with Gasteiger partial charge in [0.2, 0.25) is 21.8 Å². The molecule has 0 saturated heterocycles. The molecule has 2 aromatic heterocycles. The number of pyridine rings is 1. The lowest BCUT2D eigenvalue weighted by Crippen LogP contribution is -2.26. The van der Waals surface area contributed by atoms with Crippen molar-refractivity contribution in [2.24, 2.45) is 0 Å². The van der Waals surface area contributed by atoms with Gasteiger partial charge in [-0.2, -0.15) is 0 Å². The van der Waals surface area contributed by atoms with Crippen molar-refractivity contribution >= 4 is 21.6 Å². The van der Waals surface area contributed by atoms with E-state index in [2.05, 4.69) is 19.9 Å². The van der Waals surface area contributed by atoms with Crippen LogP contribution in [0.1, 0.15) is 5.89 Å². The van der Waals surface area contributed by atoms with Crippen molar-refractivity contribution in [1.82, 2.24) is 19.9 Å². The number of nitrogens with zero attached hydrogens (tertiary/aromatic N) is 3. The molecule has 0 aliphatic carbocycles. The first-order valence-electron chi connectivity index (χ1n) is 7.55. The molecule has 136 valence electrons. The second kappa shape index (κ2) is 7.81. The van der Waals surface area contributed by atoms with E-state index in [4.69, 9.17) is 20.8 Å². The lowest BCUT2D eigenvalue weighted by Gasteiger charge is -2.08. The zero-order chi connectivity index (χ0) is 18.6. The Morgan fingerprint density at radius 1 is 1.27 bits per heavy atom. The number of rotatable bonds is 7. The highest BCUT2D eigenvalue weighted by Crippen LogP contribution is 2.26. The zero-order valence-electron chi connectivity index (χ0n) is 13.7. The van der Waals surface area contributed by atoms with Crippen molar-refractivity contribution in [3.63, 3.8) is 0 Å². The highest BCUT2D eigenvalue weighted by Gasteiger charge is 2.16. The van der Waals surface area contributed by atoms with Gasteiger partial charge in [0, 0.05) is 25.4 Å². The molecule has 3 rings (SSSR count). The van der Waals surface area contributed by atoms with Crippen molar-refractivity contribution in [2.45, 2.75) is 11.3 Å². The van der Waals surface area contributed by atoms with Gasteiger partial charge in [-0.3, -0.25) is 4.98 Å². The minimum Gasteiger partial charge on any atom is -0.495 e. The summed E-state index contributed by atoms with van der Waals surface area (Å²) in [5.41, 5.74) is 0.694. The monoisotopic (exact) mass is 394 g/mol. The SMILES string of the molecule is COc1ccc(S(=O)(=O)NCCc2nnc(-c3cccnc3)o2)cc1Cl. The number of aromatic nitrogens is 3. The third-order valence-corrected chi connectivity index (χ3v) is 5.19. The van der Waals surface area contributed by atoms with Crippen LogP contribution in [-0.2, 0) is 16.4 Å². The first-order valence-corrected chi connectivity index (χ1v) is 9.42. The Bertz CT molecular complexity index is 992. The van der Waals surface area contributed by atoms with E-state index in [1.807, 2.05) is 0 Å². The molecule has 0 aliphatic rings. The van der Waals surface area contributed by atoms with E-state index < -0.39 is 10.0 Å². The third-order valence-electron chi connectivity index (χ3n) is 3.44. The Morgan fingerprint density at radius 2 is 2.12 bits per heavy atom.